The van der Waals surface area contributed by atoms with E-state index < -0.39 is 0 Å². The predicted molar refractivity (Wildman–Crippen MR) is 36.2 cm³/mol. The van der Waals surface area contributed by atoms with Crippen molar-refractivity contribution in [2.45, 2.75) is 20.8 Å². The minimum Gasteiger partial charge on any atom is -0.665 e. The largest absolute Gasteiger partial charge is 0.665 e. The first-order chi connectivity index (χ1) is 3.65. The van der Waals surface area contributed by atoms with Gasteiger partial charge in [0.15, 0.2) is 0 Å². The van der Waals surface area contributed by atoms with E-state index in [1.54, 1.807) is 7.05 Å². The van der Waals surface area contributed by atoms with E-state index in [9.17, 15) is 4.79 Å². The molecule has 0 radical (unpaired) electrons. The molecule has 0 fully saturated rings. The van der Waals surface area contributed by atoms with Gasteiger partial charge in [-0.3, -0.25) is 0 Å². The molecule has 0 N–H and O–H groups in total. The van der Waals surface area contributed by atoms with Crippen molar-refractivity contribution in [2.75, 3.05) is 13.6 Å². The smallest absolute Gasteiger partial charge is 0.126 e. The van der Waals surface area contributed by atoms with E-state index in [2.05, 4.69) is 5.32 Å². The van der Waals surface area contributed by atoms with Crippen LogP contribution in [0.1, 0.15) is 20.8 Å². The molecule has 0 bridgehead atoms. The van der Waals surface area contributed by atoms with Gasteiger partial charge in [-0.15, -0.1) is 0 Å². The summed E-state index contributed by atoms with van der Waals surface area (Å²) in [6.45, 7) is 6.01. The molecule has 0 rings (SSSR count). The van der Waals surface area contributed by atoms with Gasteiger partial charge in [-0.1, -0.05) is 6.92 Å². The number of Topliss-reactive ketones (excluding diaryl/α,β-unsaturated/α-hetero) is 1. The van der Waals surface area contributed by atoms with Crippen LogP contribution in [-0.2, 0) is 25.9 Å². The molecule has 9 heavy (non-hydrogen) atoms. The van der Waals surface area contributed by atoms with E-state index in [4.69, 9.17) is 0 Å². The van der Waals surface area contributed by atoms with Crippen molar-refractivity contribution in [1.82, 2.24) is 0 Å². The van der Waals surface area contributed by atoms with Gasteiger partial charge in [0, 0.05) is 21.1 Å². The molecule has 0 aliphatic heterocycles. The first-order valence-corrected chi connectivity index (χ1v) is 2.67. The Morgan fingerprint density at radius 3 is 1.56 bits per heavy atom. The number of carbonyl (C=O) groups is 1. The number of nitrogens with zero attached hydrogens (tertiary/aromatic N) is 1. The van der Waals surface area contributed by atoms with Crippen LogP contribution in [0.25, 0.3) is 5.32 Å². The van der Waals surface area contributed by atoms with Crippen LogP contribution in [-0.4, -0.2) is 19.4 Å². The Hall–Kier alpha value is 0.318. The second kappa shape index (κ2) is 15.8. The van der Waals surface area contributed by atoms with Crippen molar-refractivity contribution in [3.8, 4) is 0 Å². The zero-order valence-electron chi connectivity index (χ0n) is 6.47. The molecule has 0 unspecified atom stereocenters. The molecule has 0 aliphatic rings. The van der Waals surface area contributed by atoms with Crippen LogP contribution in [0.4, 0.5) is 0 Å². The van der Waals surface area contributed by atoms with Gasteiger partial charge in [0.05, 0.1) is 0 Å². The van der Waals surface area contributed by atoms with Crippen LogP contribution in [0, 0.1) is 0 Å². The summed E-state index contributed by atoms with van der Waals surface area (Å²) in [7, 11) is 1.81. The number of rotatable bonds is 1. The summed E-state index contributed by atoms with van der Waals surface area (Å²) in [5.41, 5.74) is 0. The quantitative estimate of drug-likeness (QED) is 0.724. The standard InChI is InChI=1S/C3H8N.C3H6O.W/c1-3-4-2;1-3(2)4;/h3H2,1-2H3;1-2H3;/q-1;;. The van der Waals surface area contributed by atoms with Gasteiger partial charge in [-0.2, -0.15) is 13.6 Å². The summed E-state index contributed by atoms with van der Waals surface area (Å²) in [4.78, 5) is 9.44. The molecular formula is C6H14NOW-. The second-order valence-corrected chi connectivity index (χ2v) is 1.54. The molecule has 0 heterocycles. The summed E-state index contributed by atoms with van der Waals surface area (Å²) >= 11 is 0. The van der Waals surface area contributed by atoms with E-state index in [-0.39, 0.29) is 26.8 Å². The fourth-order valence-corrected chi connectivity index (χ4v) is 0. The molecule has 0 aromatic heterocycles. The molecule has 0 aromatic rings. The van der Waals surface area contributed by atoms with Gasteiger partial charge < -0.3 is 10.1 Å². The molecule has 0 spiro atoms. The molecule has 3 heteroatoms. The van der Waals surface area contributed by atoms with E-state index in [0.29, 0.717) is 0 Å². The van der Waals surface area contributed by atoms with Crippen LogP contribution in [0.15, 0.2) is 0 Å². The minimum absolute atomic E-state index is 0. The maximum absolute atomic E-state index is 9.44. The van der Waals surface area contributed by atoms with Crippen molar-refractivity contribution >= 4 is 5.78 Å². The third-order valence-corrected chi connectivity index (χ3v) is 0.316. The number of hydrogen-bond acceptors (Lipinski definition) is 1. The van der Waals surface area contributed by atoms with Crippen molar-refractivity contribution in [1.29, 1.82) is 0 Å². The van der Waals surface area contributed by atoms with Gasteiger partial charge in [0.25, 0.3) is 0 Å². The summed E-state index contributed by atoms with van der Waals surface area (Å²) < 4.78 is 0. The van der Waals surface area contributed by atoms with Crippen molar-refractivity contribution in [3.63, 3.8) is 0 Å². The van der Waals surface area contributed by atoms with Gasteiger partial charge in [-0.05, 0) is 13.8 Å². The number of ketones is 1. The van der Waals surface area contributed by atoms with Crippen molar-refractivity contribution in [2.24, 2.45) is 0 Å². The molecule has 56 valence electrons. The molecule has 0 aromatic carbocycles. The zero-order chi connectivity index (χ0) is 6.99. The van der Waals surface area contributed by atoms with Crippen LogP contribution < -0.4 is 0 Å². The van der Waals surface area contributed by atoms with E-state index in [0.717, 1.165) is 6.54 Å². The Morgan fingerprint density at radius 1 is 1.44 bits per heavy atom. The van der Waals surface area contributed by atoms with Gasteiger partial charge in [0.2, 0.25) is 0 Å². The van der Waals surface area contributed by atoms with Crippen LogP contribution in [0.5, 0.6) is 0 Å². The van der Waals surface area contributed by atoms with Crippen LogP contribution in [0.3, 0.4) is 0 Å². The first kappa shape index (κ1) is 16.2. The minimum atomic E-state index is 0. The van der Waals surface area contributed by atoms with Crippen molar-refractivity contribution in [3.05, 3.63) is 5.32 Å². The van der Waals surface area contributed by atoms with Crippen molar-refractivity contribution < 1.29 is 25.9 Å². The SMILES string of the molecule is CC(C)=O.CC[N-]C.[W]. The third kappa shape index (κ3) is 191. The summed E-state index contributed by atoms with van der Waals surface area (Å²) in [6, 6.07) is 0. The average molecular weight is 300 g/mol. The summed E-state index contributed by atoms with van der Waals surface area (Å²) in [6.07, 6.45) is 0. The number of hydrogen-bond donors (Lipinski definition) is 0. The zero-order valence-corrected chi connectivity index (χ0v) is 9.40. The molecule has 0 amide bonds. The van der Waals surface area contributed by atoms with Gasteiger partial charge in [0.1, 0.15) is 5.78 Å². The number of carbonyl (C=O) groups excluding carboxylic acids is 1. The molecule has 2 nitrogen and oxygen atoms in total. The van der Waals surface area contributed by atoms with Crippen LogP contribution in [0.2, 0.25) is 0 Å². The summed E-state index contributed by atoms with van der Waals surface area (Å²) in [5.74, 6) is 0.167. The Bertz CT molecular complexity index is 51.0. The molecule has 0 saturated heterocycles. The Labute approximate surface area is 71.7 Å². The van der Waals surface area contributed by atoms with Gasteiger partial charge >= 0.3 is 0 Å². The second-order valence-electron chi connectivity index (χ2n) is 1.54. The molecule has 0 saturated carbocycles. The fraction of sp³-hybridized carbons (Fsp3) is 0.833. The fourth-order valence-electron chi connectivity index (χ4n) is 0. The van der Waals surface area contributed by atoms with Crippen LogP contribution >= 0.6 is 0 Å². The molecular weight excluding hydrogens is 286 g/mol. The normalized spacial score (nSPS) is 6.22. The monoisotopic (exact) mass is 300 g/mol. The predicted octanol–water partition coefficient (Wildman–Crippen LogP) is 1.60. The Morgan fingerprint density at radius 2 is 1.56 bits per heavy atom. The topological polar surface area (TPSA) is 31.2 Å². The maximum Gasteiger partial charge on any atom is 0.126 e. The Balaban J connectivity index is -0.0000000720. The van der Waals surface area contributed by atoms with E-state index >= 15 is 0 Å². The maximum atomic E-state index is 9.44. The van der Waals surface area contributed by atoms with E-state index in [1.807, 2.05) is 6.92 Å². The van der Waals surface area contributed by atoms with Gasteiger partial charge in [-0.25, -0.2) is 0 Å². The summed E-state index contributed by atoms with van der Waals surface area (Å²) in [5, 5.41) is 3.74. The first-order valence-electron chi connectivity index (χ1n) is 2.67. The Kier molecular flexibility index (Phi) is 28.3. The molecule has 0 atom stereocenters. The molecule has 0 aliphatic carbocycles. The van der Waals surface area contributed by atoms with E-state index in [1.165, 1.54) is 13.8 Å². The third-order valence-electron chi connectivity index (χ3n) is 0.316. The average Bonchev–Trinajstić information content (AvgIpc) is 1.65.